The van der Waals surface area contributed by atoms with Gasteiger partial charge in [0.05, 0.1) is 49.8 Å². The van der Waals surface area contributed by atoms with Crippen LogP contribution in [-0.4, -0.2) is 141 Å². The number of carboxylic acid groups (broad SMARTS) is 2. The summed E-state index contributed by atoms with van der Waals surface area (Å²) in [6, 6.07) is 6.19. The number of rotatable bonds is 8. The molecule has 0 aromatic heterocycles. The molecule has 56 heavy (non-hydrogen) atoms. The topological polar surface area (TPSA) is 257 Å². The van der Waals surface area contributed by atoms with Crippen molar-refractivity contribution in [3.05, 3.63) is 46.5 Å². The predicted molar refractivity (Wildman–Crippen MR) is 190 cm³/mol. The van der Waals surface area contributed by atoms with Gasteiger partial charge in [0.2, 0.25) is 11.8 Å². The average molecular weight is 800 g/mol. The fourth-order valence-electron chi connectivity index (χ4n) is 7.64. The van der Waals surface area contributed by atoms with E-state index in [-0.39, 0.29) is 142 Å². The number of hydrogen-bond acceptors (Lipinski definition) is 14. The number of aromatic carboxylic acids is 2. The molecule has 22 heteroatoms. The standard InChI is InChI=1S/2C17H22BN2O7.2Na/c2*21-16(12-2-1-7-19-12)20-8-11(9-20)26-13-4-3-10-5-6-18(24,25)27-15(10)14(13)17(22)23;;/h2*3-4,11-12,19,24-25H,1-2,5-9H2,(H,22,23);;/q2*-1;2*+1/t2*12-;;/m00../s1. The third kappa shape index (κ3) is 9.81. The Kier molecular flexibility index (Phi) is 14.4. The van der Waals surface area contributed by atoms with Crippen molar-refractivity contribution >= 4 is 37.3 Å². The largest absolute Gasteiger partial charge is 1.00 e. The van der Waals surface area contributed by atoms with E-state index in [1.165, 1.54) is 0 Å². The van der Waals surface area contributed by atoms with Crippen LogP contribution in [0.15, 0.2) is 24.3 Å². The first-order chi connectivity index (χ1) is 25.7. The number of nitrogens with one attached hydrogen (secondary N) is 2. The Morgan fingerprint density at radius 2 is 1.02 bits per heavy atom. The van der Waals surface area contributed by atoms with Crippen LogP contribution in [0.2, 0.25) is 12.6 Å². The predicted octanol–water partition coefficient (Wildman–Crippen LogP) is -6.82. The second-order valence-corrected chi connectivity index (χ2v) is 14.8. The maximum Gasteiger partial charge on any atom is 1.00 e. The molecule has 0 aliphatic carbocycles. The molecule has 18 nitrogen and oxygen atoms in total. The maximum absolute atomic E-state index is 12.3. The molecule has 292 valence electrons. The summed E-state index contributed by atoms with van der Waals surface area (Å²) in [6.07, 6.45) is 3.66. The van der Waals surface area contributed by atoms with Crippen LogP contribution in [0, 0.1) is 0 Å². The first kappa shape index (κ1) is 44.5. The van der Waals surface area contributed by atoms with Crippen molar-refractivity contribution in [2.75, 3.05) is 39.3 Å². The van der Waals surface area contributed by atoms with E-state index >= 15 is 0 Å². The molecular weight excluding hydrogens is 756 g/mol. The number of benzene rings is 2. The Hall–Kier alpha value is -2.59. The van der Waals surface area contributed by atoms with Crippen molar-refractivity contribution in [2.45, 2.75) is 75.5 Å². The Bertz CT molecular complexity index is 1690. The molecule has 4 fully saturated rings. The Balaban J connectivity index is 0.000000207. The monoisotopic (exact) mass is 800 g/mol. The third-order valence-electron chi connectivity index (χ3n) is 10.6. The minimum absolute atomic E-state index is 0. The maximum atomic E-state index is 12.3. The van der Waals surface area contributed by atoms with Crippen LogP contribution in [0.3, 0.4) is 0 Å². The molecule has 0 saturated carbocycles. The number of likely N-dealkylation sites (tertiary alicyclic amines) is 2. The van der Waals surface area contributed by atoms with E-state index in [0.717, 1.165) is 38.8 Å². The van der Waals surface area contributed by atoms with Crippen molar-refractivity contribution in [3.8, 4) is 23.0 Å². The molecular formula is C34H44B2N4Na2O14. The van der Waals surface area contributed by atoms with E-state index in [2.05, 4.69) is 10.6 Å². The van der Waals surface area contributed by atoms with E-state index in [1.54, 1.807) is 34.1 Å². The van der Waals surface area contributed by atoms with Crippen molar-refractivity contribution < 1.29 is 127 Å². The zero-order valence-electron chi connectivity index (χ0n) is 31.5. The van der Waals surface area contributed by atoms with Gasteiger partial charge in [-0.2, -0.15) is 0 Å². The van der Waals surface area contributed by atoms with E-state index in [4.69, 9.17) is 18.8 Å². The van der Waals surface area contributed by atoms with Crippen LogP contribution in [0.1, 0.15) is 57.5 Å². The fraction of sp³-hybridized carbons (Fsp3) is 0.529. The first-order valence-electron chi connectivity index (χ1n) is 18.4. The minimum atomic E-state index is -3.07. The van der Waals surface area contributed by atoms with Crippen LogP contribution in [0.4, 0.5) is 0 Å². The SMILES string of the molecule is O=C(O)c1c(OC2CN(C(=O)[C@@H]3CCCN3)C2)ccc2c1O[B-](O)(O)CC2.O=C(O)c1c(OC2CN(C(=O)[C@@H]3CCCN3)C2)ccc2c1O[B-](O)(O)CC2.[Na+].[Na+]. The number of nitrogens with zero attached hydrogens (tertiary/aromatic N) is 2. The first-order valence-corrected chi connectivity index (χ1v) is 18.4. The fourth-order valence-corrected chi connectivity index (χ4v) is 7.64. The van der Waals surface area contributed by atoms with Gasteiger partial charge < -0.3 is 69.5 Å². The molecule has 4 saturated heterocycles. The summed E-state index contributed by atoms with van der Waals surface area (Å²) in [4.78, 5) is 51.5. The van der Waals surface area contributed by atoms with Crippen molar-refractivity contribution in [1.29, 1.82) is 0 Å². The summed E-state index contributed by atoms with van der Waals surface area (Å²) in [7, 11) is 0. The van der Waals surface area contributed by atoms with Crippen LogP contribution in [-0.2, 0) is 22.4 Å². The van der Waals surface area contributed by atoms with E-state index in [0.29, 0.717) is 50.1 Å². The van der Waals surface area contributed by atoms with E-state index < -0.39 is 25.4 Å². The van der Waals surface area contributed by atoms with Crippen molar-refractivity contribution in [1.82, 2.24) is 20.4 Å². The van der Waals surface area contributed by atoms with Crippen molar-refractivity contribution in [2.24, 2.45) is 0 Å². The van der Waals surface area contributed by atoms with Crippen LogP contribution in [0.25, 0.3) is 0 Å². The molecule has 2 atom stereocenters. The van der Waals surface area contributed by atoms with Crippen LogP contribution in [0.5, 0.6) is 23.0 Å². The molecule has 0 spiro atoms. The van der Waals surface area contributed by atoms with Gasteiger partial charge >= 0.3 is 84.6 Å². The van der Waals surface area contributed by atoms with Gasteiger partial charge in [-0.25, -0.2) is 9.59 Å². The summed E-state index contributed by atoms with van der Waals surface area (Å²) in [5.41, 5.74) is 0.753. The molecule has 6 heterocycles. The van der Waals surface area contributed by atoms with Gasteiger partial charge in [-0.05, 0) is 74.9 Å². The van der Waals surface area contributed by atoms with Gasteiger partial charge in [-0.3, -0.25) is 9.59 Å². The number of fused-ring (bicyclic) bond motifs is 2. The van der Waals surface area contributed by atoms with Crippen LogP contribution >= 0.6 is 0 Å². The Morgan fingerprint density at radius 1 is 0.643 bits per heavy atom. The normalized spacial score (nSPS) is 23.1. The number of carbonyl (C=O) groups is 4. The molecule has 0 bridgehead atoms. The number of hydrogen-bond donors (Lipinski definition) is 8. The molecule has 0 unspecified atom stereocenters. The second-order valence-electron chi connectivity index (χ2n) is 14.8. The average Bonchev–Trinajstić information content (AvgIpc) is 3.81. The van der Waals surface area contributed by atoms with Gasteiger partial charge in [0.25, 0.3) is 0 Å². The zero-order chi connectivity index (χ0) is 38.4. The van der Waals surface area contributed by atoms with Crippen molar-refractivity contribution in [3.63, 3.8) is 0 Å². The molecule has 6 aliphatic rings. The number of aryl methyl sites for hydroxylation is 2. The number of ether oxygens (including phenoxy) is 2. The van der Waals surface area contributed by atoms with E-state index in [1.807, 2.05) is 0 Å². The quantitative estimate of drug-likeness (QED) is 0.116. The molecule has 8 N–H and O–H groups in total. The second kappa shape index (κ2) is 18.1. The molecule has 2 aromatic carbocycles. The van der Waals surface area contributed by atoms with Gasteiger partial charge in [0.15, 0.2) is 0 Å². The summed E-state index contributed by atoms with van der Waals surface area (Å²) in [5, 5.41) is 64.6. The summed E-state index contributed by atoms with van der Waals surface area (Å²) >= 11 is 0. The zero-order valence-corrected chi connectivity index (χ0v) is 35.5. The number of carbonyl (C=O) groups excluding carboxylic acids is 2. The molecule has 0 radical (unpaired) electrons. The number of amides is 2. The van der Waals surface area contributed by atoms with Gasteiger partial charge in [0, 0.05) is 0 Å². The van der Waals surface area contributed by atoms with Gasteiger partial charge in [-0.15, -0.1) is 0 Å². The smallest absolute Gasteiger partial charge is 0.669 e. The minimum Gasteiger partial charge on any atom is -0.669 e. The summed E-state index contributed by atoms with van der Waals surface area (Å²) in [6.45, 7) is -2.89. The van der Waals surface area contributed by atoms with E-state index in [9.17, 15) is 49.5 Å². The van der Waals surface area contributed by atoms with Gasteiger partial charge in [-0.1, -0.05) is 24.8 Å². The molecule has 2 amide bonds. The Labute approximate surface area is 366 Å². The summed E-state index contributed by atoms with van der Waals surface area (Å²) in [5.74, 6) is -2.34. The van der Waals surface area contributed by atoms with Gasteiger partial charge in [0.1, 0.15) is 34.8 Å². The number of carboxylic acids is 2. The Morgan fingerprint density at radius 3 is 1.34 bits per heavy atom. The summed E-state index contributed by atoms with van der Waals surface area (Å²) < 4.78 is 21.9. The molecule has 8 rings (SSSR count). The molecule has 2 aromatic rings. The molecule has 6 aliphatic heterocycles. The third-order valence-corrected chi connectivity index (χ3v) is 10.6. The van der Waals surface area contributed by atoms with Crippen LogP contribution < -0.4 is 88.5 Å².